The van der Waals surface area contributed by atoms with Crippen LogP contribution < -0.4 is 5.32 Å². The summed E-state index contributed by atoms with van der Waals surface area (Å²) >= 11 is 0. The van der Waals surface area contributed by atoms with E-state index in [1.807, 2.05) is 0 Å². The molecule has 2 N–H and O–H groups in total. The Morgan fingerprint density at radius 3 is 2.67 bits per heavy atom. The Bertz CT molecular complexity index is 804. The van der Waals surface area contributed by atoms with E-state index in [4.69, 9.17) is 0 Å². The van der Waals surface area contributed by atoms with Gasteiger partial charge in [0.15, 0.2) is 0 Å². The standard InChI is InChI=1S/C23H28N2O2/c26-21(16-25-12-11-17-5-1-2-7-20(17)15-25)14-24-23(27)13-19-10-9-18-6-3-4-8-22(18)19/h1-8,19,21,26H,9-16H2,(H,24,27)/t19?,21-/m0/s1. The number of aryl methyl sites for hydroxylation is 1. The topological polar surface area (TPSA) is 52.6 Å². The van der Waals surface area contributed by atoms with E-state index in [2.05, 4.69) is 58.7 Å². The van der Waals surface area contributed by atoms with Gasteiger partial charge in [0.05, 0.1) is 6.10 Å². The van der Waals surface area contributed by atoms with E-state index in [1.165, 1.54) is 22.3 Å². The molecule has 4 rings (SSSR count). The van der Waals surface area contributed by atoms with E-state index >= 15 is 0 Å². The number of amides is 1. The Hall–Kier alpha value is -2.17. The van der Waals surface area contributed by atoms with E-state index in [9.17, 15) is 9.90 Å². The maximum absolute atomic E-state index is 12.3. The molecule has 2 aliphatic rings. The summed E-state index contributed by atoms with van der Waals surface area (Å²) < 4.78 is 0. The second-order valence-electron chi connectivity index (χ2n) is 7.85. The van der Waals surface area contributed by atoms with Crippen LogP contribution in [0.3, 0.4) is 0 Å². The molecule has 0 spiro atoms. The van der Waals surface area contributed by atoms with Crippen molar-refractivity contribution in [3.05, 3.63) is 70.8 Å². The van der Waals surface area contributed by atoms with Crippen molar-refractivity contribution < 1.29 is 9.90 Å². The molecule has 0 saturated carbocycles. The lowest BCUT2D eigenvalue weighted by Crippen LogP contribution is -2.42. The van der Waals surface area contributed by atoms with Gasteiger partial charge in [-0.3, -0.25) is 9.69 Å². The van der Waals surface area contributed by atoms with E-state index in [1.54, 1.807) is 0 Å². The van der Waals surface area contributed by atoms with E-state index in [-0.39, 0.29) is 5.91 Å². The highest BCUT2D eigenvalue weighted by atomic mass is 16.3. The molecule has 1 heterocycles. The highest BCUT2D eigenvalue weighted by Gasteiger charge is 2.24. The van der Waals surface area contributed by atoms with Crippen LogP contribution in [0.1, 0.15) is 41.0 Å². The van der Waals surface area contributed by atoms with Crippen LogP contribution in [0.4, 0.5) is 0 Å². The number of aliphatic hydroxyl groups excluding tert-OH is 1. The average Bonchev–Trinajstić information content (AvgIpc) is 3.09. The van der Waals surface area contributed by atoms with Crippen molar-refractivity contribution in [2.75, 3.05) is 19.6 Å². The van der Waals surface area contributed by atoms with Gasteiger partial charge >= 0.3 is 0 Å². The highest BCUT2D eigenvalue weighted by molar-refractivity contribution is 5.77. The first-order chi connectivity index (χ1) is 13.2. The predicted molar refractivity (Wildman–Crippen MR) is 107 cm³/mol. The lowest BCUT2D eigenvalue weighted by atomic mass is 9.97. The van der Waals surface area contributed by atoms with Gasteiger partial charge in [0.1, 0.15) is 0 Å². The summed E-state index contributed by atoms with van der Waals surface area (Å²) in [4.78, 5) is 14.6. The SMILES string of the molecule is O=C(CC1CCc2ccccc21)NC[C@H](O)CN1CCc2ccccc2C1. The van der Waals surface area contributed by atoms with Crippen LogP contribution in [0.2, 0.25) is 0 Å². The number of hydrogen-bond acceptors (Lipinski definition) is 3. The third-order valence-electron chi connectivity index (χ3n) is 5.90. The number of rotatable bonds is 6. The number of nitrogens with zero attached hydrogens (tertiary/aromatic N) is 1. The normalized spacial score (nSPS) is 20.0. The van der Waals surface area contributed by atoms with Gasteiger partial charge in [-0.15, -0.1) is 0 Å². The second kappa shape index (κ2) is 8.24. The zero-order valence-corrected chi connectivity index (χ0v) is 15.7. The third-order valence-corrected chi connectivity index (χ3v) is 5.90. The summed E-state index contributed by atoms with van der Waals surface area (Å²) in [5.41, 5.74) is 5.45. The summed E-state index contributed by atoms with van der Waals surface area (Å²) in [6.45, 7) is 2.76. The number of aliphatic hydroxyl groups is 1. The molecule has 1 aliphatic carbocycles. The largest absolute Gasteiger partial charge is 0.390 e. The number of hydrogen-bond donors (Lipinski definition) is 2. The smallest absolute Gasteiger partial charge is 0.220 e. The minimum Gasteiger partial charge on any atom is -0.390 e. The van der Waals surface area contributed by atoms with Gasteiger partial charge in [-0.1, -0.05) is 48.5 Å². The number of carbonyl (C=O) groups is 1. The first kappa shape index (κ1) is 18.2. The quantitative estimate of drug-likeness (QED) is 0.829. The summed E-state index contributed by atoms with van der Waals surface area (Å²) in [5.74, 6) is 0.358. The molecule has 4 nitrogen and oxygen atoms in total. The predicted octanol–water partition coefficient (Wildman–Crippen LogP) is 2.64. The fourth-order valence-corrected chi connectivity index (χ4v) is 4.46. The molecule has 2 aromatic rings. The maximum Gasteiger partial charge on any atom is 0.220 e. The van der Waals surface area contributed by atoms with E-state index in [0.29, 0.717) is 25.4 Å². The number of carbonyl (C=O) groups excluding carboxylic acids is 1. The number of β-amino-alcohol motifs (C(OH)–C–C–N with tert-alkyl or cyclic N) is 1. The molecular weight excluding hydrogens is 336 g/mol. The van der Waals surface area contributed by atoms with Crippen molar-refractivity contribution in [1.29, 1.82) is 0 Å². The van der Waals surface area contributed by atoms with Crippen LogP contribution >= 0.6 is 0 Å². The third kappa shape index (κ3) is 4.40. The Balaban J connectivity index is 1.22. The molecule has 0 fully saturated rings. The number of benzene rings is 2. The van der Waals surface area contributed by atoms with Crippen LogP contribution in [0, 0.1) is 0 Å². The van der Waals surface area contributed by atoms with Crippen LogP contribution in [-0.4, -0.2) is 41.7 Å². The van der Waals surface area contributed by atoms with Crippen LogP contribution in [0.5, 0.6) is 0 Å². The molecule has 0 radical (unpaired) electrons. The monoisotopic (exact) mass is 364 g/mol. The molecule has 142 valence electrons. The molecule has 1 aliphatic heterocycles. The zero-order chi connectivity index (χ0) is 18.6. The Labute approximate surface area is 161 Å². The molecule has 2 atom stereocenters. The Morgan fingerprint density at radius 1 is 1.07 bits per heavy atom. The zero-order valence-electron chi connectivity index (χ0n) is 15.7. The fraction of sp³-hybridized carbons (Fsp3) is 0.435. The van der Waals surface area contributed by atoms with Gasteiger partial charge in [0, 0.05) is 32.6 Å². The van der Waals surface area contributed by atoms with E-state index in [0.717, 1.165) is 32.4 Å². The van der Waals surface area contributed by atoms with Gasteiger partial charge < -0.3 is 10.4 Å². The molecular formula is C23H28N2O2. The molecule has 27 heavy (non-hydrogen) atoms. The summed E-state index contributed by atoms with van der Waals surface area (Å²) in [7, 11) is 0. The lowest BCUT2D eigenvalue weighted by molar-refractivity contribution is -0.122. The lowest BCUT2D eigenvalue weighted by Gasteiger charge is -2.30. The second-order valence-corrected chi connectivity index (χ2v) is 7.85. The summed E-state index contributed by atoms with van der Waals surface area (Å²) in [5, 5.41) is 13.3. The van der Waals surface area contributed by atoms with Crippen molar-refractivity contribution in [1.82, 2.24) is 10.2 Å². The van der Waals surface area contributed by atoms with Crippen LogP contribution in [0.25, 0.3) is 0 Å². The minimum atomic E-state index is -0.532. The van der Waals surface area contributed by atoms with Crippen molar-refractivity contribution in [3.8, 4) is 0 Å². The van der Waals surface area contributed by atoms with Gasteiger partial charge in [0.25, 0.3) is 0 Å². The maximum atomic E-state index is 12.3. The van der Waals surface area contributed by atoms with Crippen molar-refractivity contribution in [2.24, 2.45) is 0 Å². The molecule has 4 heteroatoms. The summed E-state index contributed by atoms with van der Waals surface area (Å²) in [6.07, 6.45) is 3.11. The van der Waals surface area contributed by atoms with Crippen LogP contribution in [0.15, 0.2) is 48.5 Å². The van der Waals surface area contributed by atoms with Gasteiger partial charge in [-0.05, 0) is 47.4 Å². The Morgan fingerprint density at radius 2 is 1.81 bits per heavy atom. The molecule has 0 saturated heterocycles. The number of fused-ring (bicyclic) bond motifs is 2. The average molecular weight is 364 g/mol. The highest BCUT2D eigenvalue weighted by Crippen LogP contribution is 2.35. The van der Waals surface area contributed by atoms with Crippen molar-refractivity contribution in [3.63, 3.8) is 0 Å². The minimum absolute atomic E-state index is 0.0414. The van der Waals surface area contributed by atoms with Gasteiger partial charge in [-0.2, -0.15) is 0 Å². The van der Waals surface area contributed by atoms with Crippen molar-refractivity contribution in [2.45, 2.75) is 44.2 Å². The summed E-state index contributed by atoms with van der Waals surface area (Å²) in [6, 6.07) is 16.9. The molecule has 0 aromatic heterocycles. The molecule has 1 amide bonds. The van der Waals surface area contributed by atoms with Crippen LogP contribution in [-0.2, 0) is 24.2 Å². The first-order valence-corrected chi connectivity index (χ1v) is 10.0. The van der Waals surface area contributed by atoms with Crippen molar-refractivity contribution >= 4 is 5.91 Å². The molecule has 0 bridgehead atoms. The number of nitrogens with one attached hydrogen (secondary N) is 1. The Kier molecular flexibility index (Phi) is 5.55. The van der Waals surface area contributed by atoms with E-state index < -0.39 is 6.10 Å². The molecule has 1 unspecified atom stereocenters. The fourth-order valence-electron chi connectivity index (χ4n) is 4.46. The molecule has 2 aromatic carbocycles. The van der Waals surface area contributed by atoms with Gasteiger partial charge in [-0.25, -0.2) is 0 Å². The first-order valence-electron chi connectivity index (χ1n) is 10.0. The van der Waals surface area contributed by atoms with Gasteiger partial charge in [0.2, 0.25) is 5.91 Å².